The molecule has 1 aliphatic heterocycles. The first-order valence-corrected chi connectivity index (χ1v) is 11.6. The molecule has 2 amide bonds. The lowest BCUT2D eigenvalue weighted by molar-refractivity contribution is -0.128. The molecule has 2 aromatic carbocycles. The Morgan fingerprint density at radius 3 is 2.48 bits per heavy atom. The van der Waals surface area contributed by atoms with Gasteiger partial charge in [0.1, 0.15) is 0 Å². The SMILES string of the molecule is CCNC(=NCc1ccc(CN2CCCC2=O)cc1)NCCc1cccc(C(=O)N(C)C)c1. The van der Waals surface area contributed by atoms with Crippen molar-refractivity contribution in [1.82, 2.24) is 20.4 Å². The van der Waals surface area contributed by atoms with Crippen LogP contribution in [0.4, 0.5) is 0 Å². The molecule has 33 heavy (non-hydrogen) atoms. The number of aliphatic imine (C=N–C) groups is 1. The molecule has 0 aliphatic carbocycles. The molecule has 0 radical (unpaired) electrons. The Balaban J connectivity index is 1.51. The first kappa shape index (κ1) is 24.3. The Morgan fingerprint density at radius 2 is 1.82 bits per heavy atom. The van der Waals surface area contributed by atoms with Crippen LogP contribution in [0.3, 0.4) is 0 Å². The van der Waals surface area contributed by atoms with Crippen LogP contribution in [-0.2, 0) is 24.3 Å². The molecular formula is C26H35N5O2. The molecule has 0 saturated carbocycles. The van der Waals surface area contributed by atoms with E-state index in [2.05, 4.69) is 34.9 Å². The Labute approximate surface area is 196 Å². The second kappa shape index (κ2) is 12.0. The molecule has 176 valence electrons. The third-order valence-electron chi connectivity index (χ3n) is 5.62. The lowest BCUT2D eigenvalue weighted by Gasteiger charge is -2.15. The van der Waals surface area contributed by atoms with Gasteiger partial charge >= 0.3 is 0 Å². The van der Waals surface area contributed by atoms with Crippen LogP contribution in [0.2, 0.25) is 0 Å². The van der Waals surface area contributed by atoms with E-state index in [4.69, 9.17) is 4.99 Å². The van der Waals surface area contributed by atoms with Gasteiger partial charge in [0.05, 0.1) is 6.54 Å². The zero-order valence-electron chi connectivity index (χ0n) is 19.9. The molecule has 2 N–H and O–H groups in total. The van der Waals surface area contributed by atoms with Crippen LogP contribution in [0.5, 0.6) is 0 Å². The Kier molecular flexibility index (Phi) is 8.87. The van der Waals surface area contributed by atoms with Crippen LogP contribution >= 0.6 is 0 Å². The van der Waals surface area contributed by atoms with Crippen molar-refractivity contribution in [1.29, 1.82) is 0 Å². The molecule has 0 aromatic heterocycles. The van der Waals surface area contributed by atoms with Gasteiger partial charge in [-0.25, -0.2) is 4.99 Å². The first-order valence-electron chi connectivity index (χ1n) is 11.6. The number of hydrogen-bond acceptors (Lipinski definition) is 3. The summed E-state index contributed by atoms with van der Waals surface area (Å²) in [6.45, 7) is 5.66. The van der Waals surface area contributed by atoms with Gasteiger partial charge in [-0.05, 0) is 48.6 Å². The molecule has 1 saturated heterocycles. The van der Waals surface area contributed by atoms with Gasteiger partial charge < -0.3 is 20.4 Å². The highest BCUT2D eigenvalue weighted by molar-refractivity contribution is 5.94. The van der Waals surface area contributed by atoms with Gasteiger partial charge in [-0.3, -0.25) is 9.59 Å². The molecular weight excluding hydrogens is 414 g/mol. The minimum atomic E-state index is 0.0118. The number of hydrogen-bond donors (Lipinski definition) is 2. The van der Waals surface area contributed by atoms with Crippen molar-refractivity contribution in [2.75, 3.05) is 33.7 Å². The van der Waals surface area contributed by atoms with E-state index in [1.54, 1.807) is 19.0 Å². The monoisotopic (exact) mass is 449 g/mol. The number of benzene rings is 2. The number of carbonyl (C=O) groups excluding carboxylic acids is 2. The molecule has 0 atom stereocenters. The predicted octanol–water partition coefficient (Wildman–Crippen LogP) is 2.81. The topological polar surface area (TPSA) is 77.0 Å². The summed E-state index contributed by atoms with van der Waals surface area (Å²) >= 11 is 0. The van der Waals surface area contributed by atoms with Crippen molar-refractivity contribution >= 4 is 17.8 Å². The molecule has 0 bridgehead atoms. The molecule has 1 aliphatic rings. The molecule has 0 spiro atoms. The van der Waals surface area contributed by atoms with E-state index in [0.29, 0.717) is 31.6 Å². The van der Waals surface area contributed by atoms with Gasteiger partial charge in [-0.15, -0.1) is 0 Å². The maximum absolute atomic E-state index is 12.2. The molecule has 3 rings (SSSR count). The van der Waals surface area contributed by atoms with Gasteiger partial charge in [0.2, 0.25) is 5.91 Å². The summed E-state index contributed by atoms with van der Waals surface area (Å²) < 4.78 is 0. The lowest BCUT2D eigenvalue weighted by Crippen LogP contribution is -2.38. The lowest BCUT2D eigenvalue weighted by atomic mass is 10.1. The van der Waals surface area contributed by atoms with E-state index >= 15 is 0 Å². The maximum Gasteiger partial charge on any atom is 0.253 e. The highest BCUT2D eigenvalue weighted by atomic mass is 16.2. The number of likely N-dealkylation sites (tertiary alicyclic amines) is 1. The summed E-state index contributed by atoms with van der Waals surface area (Å²) in [6, 6.07) is 16.1. The largest absolute Gasteiger partial charge is 0.357 e. The van der Waals surface area contributed by atoms with Crippen molar-refractivity contribution in [2.24, 2.45) is 4.99 Å². The van der Waals surface area contributed by atoms with Crippen LogP contribution in [-0.4, -0.2) is 61.3 Å². The zero-order valence-corrected chi connectivity index (χ0v) is 19.9. The van der Waals surface area contributed by atoms with E-state index < -0.39 is 0 Å². The van der Waals surface area contributed by atoms with Crippen LogP contribution in [0, 0.1) is 0 Å². The van der Waals surface area contributed by atoms with Crippen LogP contribution in [0.1, 0.15) is 46.8 Å². The van der Waals surface area contributed by atoms with E-state index in [1.807, 2.05) is 36.1 Å². The van der Waals surface area contributed by atoms with Crippen molar-refractivity contribution in [3.63, 3.8) is 0 Å². The Bertz CT molecular complexity index is 969. The average Bonchev–Trinajstić information content (AvgIpc) is 3.22. The molecule has 7 nitrogen and oxygen atoms in total. The maximum atomic E-state index is 12.2. The number of nitrogens with one attached hydrogen (secondary N) is 2. The fourth-order valence-corrected chi connectivity index (χ4v) is 3.80. The minimum Gasteiger partial charge on any atom is -0.357 e. The molecule has 0 unspecified atom stereocenters. The van der Waals surface area contributed by atoms with E-state index in [1.165, 1.54) is 0 Å². The fraction of sp³-hybridized carbons (Fsp3) is 0.423. The normalized spacial score (nSPS) is 13.8. The summed E-state index contributed by atoms with van der Waals surface area (Å²) in [6.07, 6.45) is 2.43. The summed E-state index contributed by atoms with van der Waals surface area (Å²) in [5.41, 5.74) is 4.09. The summed E-state index contributed by atoms with van der Waals surface area (Å²) in [5.74, 6) is 1.03. The van der Waals surface area contributed by atoms with Gasteiger partial charge in [0, 0.05) is 52.3 Å². The first-order chi connectivity index (χ1) is 16.0. The summed E-state index contributed by atoms with van der Waals surface area (Å²) in [5, 5.41) is 6.66. The number of rotatable bonds is 9. The van der Waals surface area contributed by atoms with Gasteiger partial charge in [-0.2, -0.15) is 0 Å². The summed E-state index contributed by atoms with van der Waals surface area (Å²) in [4.78, 5) is 32.2. The van der Waals surface area contributed by atoms with Crippen LogP contribution < -0.4 is 10.6 Å². The smallest absolute Gasteiger partial charge is 0.253 e. The molecule has 2 aromatic rings. The Hall–Kier alpha value is -3.35. The number of amides is 2. The zero-order chi connectivity index (χ0) is 23.6. The quantitative estimate of drug-likeness (QED) is 0.456. The number of guanidine groups is 1. The van der Waals surface area contributed by atoms with E-state index in [9.17, 15) is 9.59 Å². The van der Waals surface area contributed by atoms with Crippen LogP contribution in [0.25, 0.3) is 0 Å². The van der Waals surface area contributed by atoms with Crippen molar-refractivity contribution in [2.45, 2.75) is 39.3 Å². The van der Waals surface area contributed by atoms with Gasteiger partial charge in [0.25, 0.3) is 5.91 Å². The van der Waals surface area contributed by atoms with Crippen molar-refractivity contribution in [3.8, 4) is 0 Å². The predicted molar refractivity (Wildman–Crippen MR) is 132 cm³/mol. The standard InChI is InChI=1S/C26H35N5O2/c1-4-27-26(28-15-14-20-7-5-8-23(17-20)25(33)30(2)3)29-18-21-10-12-22(13-11-21)19-31-16-6-9-24(31)32/h5,7-8,10-13,17H,4,6,9,14-16,18-19H2,1-3H3,(H2,27,28,29). The molecule has 7 heteroatoms. The van der Waals surface area contributed by atoms with Crippen molar-refractivity contribution in [3.05, 3.63) is 70.8 Å². The second-order valence-corrected chi connectivity index (χ2v) is 8.51. The van der Waals surface area contributed by atoms with E-state index in [-0.39, 0.29) is 11.8 Å². The van der Waals surface area contributed by atoms with Gasteiger partial charge in [-0.1, -0.05) is 36.4 Å². The molecule has 1 heterocycles. The third-order valence-corrected chi connectivity index (χ3v) is 5.62. The summed E-state index contributed by atoms with van der Waals surface area (Å²) in [7, 11) is 3.52. The van der Waals surface area contributed by atoms with E-state index in [0.717, 1.165) is 48.6 Å². The number of nitrogens with zero attached hydrogens (tertiary/aromatic N) is 3. The third kappa shape index (κ3) is 7.34. The second-order valence-electron chi connectivity index (χ2n) is 8.51. The van der Waals surface area contributed by atoms with Crippen LogP contribution in [0.15, 0.2) is 53.5 Å². The average molecular weight is 450 g/mol. The highest BCUT2D eigenvalue weighted by Gasteiger charge is 2.19. The van der Waals surface area contributed by atoms with Crippen molar-refractivity contribution < 1.29 is 9.59 Å². The number of carbonyl (C=O) groups is 2. The fourth-order valence-electron chi connectivity index (χ4n) is 3.80. The Morgan fingerprint density at radius 1 is 1.06 bits per heavy atom. The van der Waals surface area contributed by atoms with Gasteiger partial charge in [0.15, 0.2) is 5.96 Å². The minimum absolute atomic E-state index is 0.0118. The molecule has 1 fully saturated rings. The highest BCUT2D eigenvalue weighted by Crippen LogP contribution is 2.15.